The van der Waals surface area contributed by atoms with Gasteiger partial charge in [-0.15, -0.1) is 18.2 Å². The lowest BCUT2D eigenvalue weighted by Gasteiger charge is -2.24. The van der Waals surface area contributed by atoms with Crippen LogP contribution >= 0.6 is 11.6 Å². The third-order valence-corrected chi connectivity index (χ3v) is 3.51. The molecule has 1 unspecified atom stereocenters. The van der Waals surface area contributed by atoms with Crippen molar-refractivity contribution in [1.82, 2.24) is 0 Å². The molecular formula is C14H19Cl. The quantitative estimate of drug-likeness (QED) is 0.517. The van der Waals surface area contributed by atoms with Crippen molar-refractivity contribution in [3.8, 4) is 0 Å². The van der Waals surface area contributed by atoms with E-state index < -0.39 is 0 Å². The molecule has 0 saturated carbocycles. The van der Waals surface area contributed by atoms with Gasteiger partial charge in [0, 0.05) is 0 Å². The first-order chi connectivity index (χ1) is 7.03. The number of alkyl halides is 1. The van der Waals surface area contributed by atoms with Crippen molar-refractivity contribution in [2.45, 2.75) is 38.5 Å². The second kappa shape index (κ2) is 4.85. The van der Waals surface area contributed by atoms with Crippen molar-refractivity contribution < 1.29 is 0 Å². The smallest absolute Gasteiger partial charge is 0.0666 e. The Balaban J connectivity index is 3.20. The van der Waals surface area contributed by atoms with Crippen LogP contribution < -0.4 is 0 Å². The predicted octanol–water partition coefficient (Wildman–Crippen LogP) is 4.59. The number of hydrogen-bond donors (Lipinski definition) is 0. The monoisotopic (exact) mass is 222 g/mol. The van der Waals surface area contributed by atoms with Crippen molar-refractivity contribution in [1.29, 1.82) is 0 Å². The average Bonchev–Trinajstić information content (AvgIpc) is 2.21. The Morgan fingerprint density at radius 1 is 1.47 bits per heavy atom. The molecule has 15 heavy (non-hydrogen) atoms. The molecule has 0 heterocycles. The summed E-state index contributed by atoms with van der Waals surface area (Å²) in [4.78, 5) is -0.249. The molecule has 0 nitrogen and oxygen atoms in total. The molecule has 0 spiro atoms. The van der Waals surface area contributed by atoms with Crippen molar-refractivity contribution in [3.05, 3.63) is 47.5 Å². The highest BCUT2D eigenvalue weighted by atomic mass is 35.5. The Bertz CT molecular complexity index is 350. The number of halogens is 1. The molecule has 0 fully saturated rings. The third-order valence-electron chi connectivity index (χ3n) is 3.04. The van der Waals surface area contributed by atoms with Crippen molar-refractivity contribution in [2.75, 3.05) is 0 Å². The minimum atomic E-state index is -0.249. The summed E-state index contributed by atoms with van der Waals surface area (Å²) < 4.78 is 0. The molecule has 0 bridgehead atoms. The Labute approximate surface area is 98.0 Å². The summed E-state index contributed by atoms with van der Waals surface area (Å²) in [6.07, 6.45) is 3.78. The molecule has 0 saturated heterocycles. The molecule has 82 valence electrons. The summed E-state index contributed by atoms with van der Waals surface area (Å²) in [7, 11) is 0. The maximum atomic E-state index is 6.50. The zero-order chi connectivity index (χ0) is 11.5. The van der Waals surface area contributed by atoms with Crippen LogP contribution in [0.2, 0.25) is 0 Å². The van der Waals surface area contributed by atoms with Crippen LogP contribution in [-0.2, 0) is 11.3 Å². The largest absolute Gasteiger partial charge is 0.114 e. The average molecular weight is 223 g/mol. The van der Waals surface area contributed by atoms with Crippen LogP contribution in [0.25, 0.3) is 0 Å². The lowest BCUT2D eigenvalue weighted by Crippen LogP contribution is -2.14. The van der Waals surface area contributed by atoms with Gasteiger partial charge in [0.05, 0.1) is 4.87 Å². The molecule has 0 aromatic heterocycles. The van der Waals surface area contributed by atoms with E-state index in [0.29, 0.717) is 0 Å². The first-order valence-corrected chi connectivity index (χ1v) is 5.79. The van der Waals surface area contributed by atoms with E-state index in [2.05, 4.69) is 45.5 Å². The van der Waals surface area contributed by atoms with E-state index >= 15 is 0 Å². The van der Waals surface area contributed by atoms with Crippen molar-refractivity contribution in [2.24, 2.45) is 0 Å². The van der Waals surface area contributed by atoms with Gasteiger partial charge < -0.3 is 0 Å². The van der Waals surface area contributed by atoms with E-state index in [-0.39, 0.29) is 4.87 Å². The summed E-state index contributed by atoms with van der Waals surface area (Å²) in [6.45, 7) is 10.1. The molecule has 1 rings (SSSR count). The highest BCUT2D eigenvalue weighted by molar-refractivity contribution is 6.23. The molecule has 1 heteroatoms. The lowest BCUT2D eigenvalue weighted by atomic mass is 9.90. The SMILES string of the molecule is C=CCc1cccc(C(C)(Cl)CC)c1C. The van der Waals surface area contributed by atoms with Gasteiger partial charge >= 0.3 is 0 Å². The van der Waals surface area contributed by atoms with E-state index in [9.17, 15) is 0 Å². The summed E-state index contributed by atoms with van der Waals surface area (Å²) in [5.41, 5.74) is 3.87. The van der Waals surface area contributed by atoms with Crippen molar-refractivity contribution >= 4 is 11.6 Å². The second-order valence-corrected chi connectivity index (χ2v) is 4.97. The Hall–Kier alpha value is -0.750. The lowest BCUT2D eigenvalue weighted by molar-refractivity contribution is 0.645. The van der Waals surface area contributed by atoms with Gasteiger partial charge in [-0.05, 0) is 43.4 Å². The van der Waals surface area contributed by atoms with Crippen LogP contribution in [-0.4, -0.2) is 0 Å². The van der Waals surface area contributed by atoms with Gasteiger partial charge in [0.15, 0.2) is 0 Å². The highest BCUT2D eigenvalue weighted by Gasteiger charge is 2.23. The van der Waals surface area contributed by atoms with Crippen LogP contribution in [0.4, 0.5) is 0 Å². The number of allylic oxidation sites excluding steroid dienone is 1. The molecule has 0 amide bonds. The van der Waals surface area contributed by atoms with Gasteiger partial charge in [-0.1, -0.05) is 31.2 Å². The van der Waals surface area contributed by atoms with Crippen LogP contribution in [0.15, 0.2) is 30.9 Å². The zero-order valence-electron chi connectivity index (χ0n) is 9.81. The van der Waals surface area contributed by atoms with Crippen LogP contribution in [0, 0.1) is 6.92 Å². The summed E-state index contributed by atoms with van der Waals surface area (Å²) >= 11 is 6.50. The van der Waals surface area contributed by atoms with Gasteiger partial charge in [-0.25, -0.2) is 0 Å². The molecule has 1 aromatic carbocycles. The maximum absolute atomic E-state index is 6.50. The summed E-state index contributed by atoms with van der Waals surface area (Å²) in [5.74, 6) is 0. The highest BCUT2D eigenvalue weighted by Crippen LogP contribution is 2.35. The topological polar surface area (TPSA) is 0 Å². The molecular weight excluding hydrogens is 204 g/mol. The Morgan fingerprint density at radius 2 is 2.13 bits per heavy atom. The Morgan fingerprint density at radius 3 is 2.67 bits per heavy atom. The first-order valence-electron chi connectivity index (χ1n) is 5.41. The maximum Gasteiger partial charge on any atom is 0.0666 e. The fourth-order valence-corrected chi connectivity index (χ4v) is 2.02. The summed E-state index contributed by atoms with van der Waals surface area (Å²) in [6, 6.07) is 6.35. The number of rotatable bonds is 4. The molecule has 1 aromatic rings. The fourth-order valence-electron chi connectivity index (χ4n) is 1.82. The normalized spacial score (nSPS) is 14.7. The standard InChI is InChI=1S/C14H19Cl/c1-5-8-12-9-7-10-13(11(12)3)14(4,15)6-2/h5,7,9-10H,1,6,8H2,2-4H3. The van der Waals surface area contributed by atoms with E-state index in [0.717, 1.165) is 12.8 Å². The van der Waals surface area contributed by atoms with Crippen LogP contribution in [0.1, 0.15) is 37.0 Å². The third kappa shape index (κ3) is 2.63. The molecule has 1 atom stereocenters. The van der Waals surface area contributed by atoms with E-state index in [4.69, 9.17) is 11.6 Å². The number of benzene rings is 1. The molecule has 0 aliphatic rings. The fraction of sp³-hybridized carbons (Fsp3) is 0.429. The zero-order valence-corrected chi connectivity index (χ0v) is 10.6. The van der Waals surface area contributed by atoms with Crippen LogP contribution in [0.3, 0.4) is 0 Å². The predicted molar refractivity (Wildman–Crippen MR) is 68.6 cm³/mol. The summed E-state index contributed by atoms with van der Waals surface area (Å²) in [5, 5.41) is 0. The second-order valence-electron chi connectivity index (χ2n) is 4.13. The van der Waals surface area contributed by atoms with Crippen LogP contribution in [0.5, 0.6) is 0 Å². The van der Waals surface area contributed by atoms with Gasteiger partial charge in [-0.3, -0.25) is 0 Å². The minimum Gasteiger partial charge on any atom is -0.114 e. The Kier molecular flexibility index (Phi) is 3.98. The van der Waals surface area contributed by atoms with Gasteiger partial charge in [0.2, 0.25) is 0 Å². The van der Waals surface area contributed by atoms with Gasteiger partial charge in [-0.2, -0.15) is 0 Å². The van der Waals surface area contributed by atoms with E-state index in [1.165, 1.54) is 16.7 Å². The van der Waals surface area contributed by atoms with E-state index in [1.807, 2.05) is 6.08 Å². The molecule has 0 N–H and O–H groups in total. The molecule has 0 aliphatic carbocycles. The molecule has 0 radical (unpaired) electrons. The number of hydrogen-bond acceptors (Lipinski definition) is 0. The van der Waals surface area contributed by atoms with E-state index in [1.54, 1.807) is 0 Å². The minimum absolute atomic E-state index is 0.249. The van der Waals surface area contributed by atoms with Gasteiger partial charge in [0.1, 0.15) is 0 Å². The molecule has 0 aliphatic heterocycles. The van der Waals surface area contributed by atoms with Crippen molar-refractivity contribution in [3.63, 3.8) is 0 Å². The van der Waals surface area contributed by atoms with Gasteiger partial charge in [0.25, 0.3) is 0 Å². The first kappa shape index (κ1) is 12.3.